The van der Waals surface area contributed by atoms with Crippen LogP contribution in [0.3, 0.4) is 0 Å². The molecule has 4 atom stereocenters. The third-order valence-electron chi connectivity index (χ3n) is 4.93. The first-order chi connectivity index (χ1) is 9.61. The van der Waals surface area contributed by atoms with Crippen molar-refractivity contribution in [3.05, 3.63) is 35.9 Å². The molecule has 1 aliphatic heterocycles. The molecule has 20 heavy (non-hydrogen) atoms. The predicted octanol–water partition coefficient (Wildman–Crippen LogP) is 3.63. The molecule has 2 rings (SSSR count). The zero-order valence-corrected chi connectivity index (χ0v) is 13.3. The largest absolute Gasteiger partial charge is 0.329 e. The molecule has 2 nitrogen and oxygen atoms in total. The zero-order valence-electron chi connectivity index (χ0n) is 13.3. The summed E-state index contributed by atoms with van der Waals surface area (Å²) in [5, 5.41) is 0. The second-order valence-electron chi connectivity index (χ2n) is 6.65. The van der Waals surface area contributed by atoms with E-state index >= 15 is 0 Å². The maximum atomic E-state index is 6.09. The van der Waals surface area contributed by atoms with Crippen LogP contribution in [0.2, 0.25) is 0 Å². The van der Waals surface area contributed by atoms with Gasteiger partial charge in [-0.25, -0.2) is 0 Å². The Morgan fingerprint density at radius 1 is 1.25 bits per heavy atom. The molecule has 0 aromatic heterocycles. The fourth-order valence-corrected chi connectivity index (χ4v) is 3.66. The van der Waals surface area contributed by atoms with Crippen LogP contribution in [0.1, 0.15) is 51.5 Å². The Balaban J connectivity index is 1.98. The molecule has 1 fully saturated rings. The summed E-state index contributed by atoms with van der Waals surface area (Å²) in [6, 6.07) is 12.0. The van der Waals surface area contributed by atoms with Gasteiger partial charge in [-0.3, -0.25) is 4.90 Å². The molecular formula is C18H30N2. The van der Waals surface area contributed by atoms with E-state index in [0.717, 1.165) is 12.5 Å². The Labute approximate surface area is 124 Å². The zero-order chi connectivity index (χ0) is 14.5. The lowest BCUT2D eigenvalue weighted by Crippen LogP contribution is -2.50. The van der Waals surface area contributed by atoms with Crippen molar-refractivity contribution < 1.29 is 0 Å². The quantitative estimate of drug-likeness (QED) is 0.888. The third-order valence-corrected chi connectivity index (χ3v) is 4.93. The maximum absolute atomic E-state index is 6.09. The van der Waals surface area contributed by atoms with Gasteiger partial charge in [-0.15, -0.1) is 0 Å². The highest BCUT2D eigenvalue weighted by atomic mass is 15.2. The number of piperidine rings is 1. The first-order valence-electron chi connectivity index (χ1n) is 8.12. The number of rotatable bonds is 5. The average molecular weight is 274 g/mol. The van der Waals surface area contributed by atoms with Crippen molar-refractivity contribution in [2.45, 2.75) is 58.0 Å². The number of likely N-dealkylation sites (tertiary alicyclic amines) is 1. The van der Waals surface area contributed by atoms with Gasteiger partial charge in [-0.2, -0.15) is 0 Å². The molecule has 0 aliphatic carbocycles. The van der Waals surface area contributed by atoms with Gasteiger partial charge < -0.3 is 5.73 Å². The van der Waals surface area contributed by atoms with Crippen LogP contribution in [-0.2, 0) is 0 Å². The smallest absolute Gasteiger partial charge is 0.0226 e. The maximum Gasteiger partial charge on any atom is 0.0226 e. The minimum Gasteiger partial charge on any atom is -0.329 e. The van der Waals surface area contributed by atoms with Gasteiger partial charge in [0, 0.05) is 18.6 Å². The molecule has 1 aromatic rings. The molecule has 2 N–H and O–H groups in total. The number of hydrogen-bond donors (Lipinski definition) is 1. The average Bonchev–Trinajstić information content (AvgIpc) is 2.46. The second-order valence-corrected chi connectivity index (χ2v) is 6.65. The van der Waals surface area contributed by atoms with E-state index in [1.807, 2.05) is 0 Å². The van der Waals surface area contributed by atoms with E-state index in [1.54, 1.807) is 0 Å². The van der Waals surface area contributed by atoms with Gasteiger partial charge in [0.1, 0.15) is 0 Å². The molecule has 0 bridgehead atoms. The minimum atomic E-state index is 0.521. The van der Waals surface area contributed by atoms with E-state index in [0.29, 0.717) is 18.0 Å². The van der Waals surface area contributed by atoms with Crippen molar-refractivity contribution in [3.8, 4) is 0 Å². The summed E-state index contributed by atoms with van der Waals surface area (Å²) in [6.45, 7) is 9.06. The van der Waals surface area contributed by atoms with Crippen molar-refractivity contribution in [1.29, 1.82) is 0 Å². The Kier molecular flexibility index (Phi) is 5.62. The summed E-state index contributed by atoms with van der Waals surface area (Å²) in [4.78, 5) is 2.65. The van der Waals surface area contributed by atoms with Crippen molar-refractivity contribution in [2.24, 2.45) is 11.7 Å². The van der Waals surface area contributed by atoms with Crippen LogP contribution in [0.4, 0.5) is 0 Å². The van der Waals surface area contributed by atoms with Gasteiger partial charge >= 0.3 is 0 Å². The summed E-state index contributed by atoms with van der Waals surface area (Å²) in [6.07, 6.45) is 3.80. The SMILES string of the molecule is CC1CCN(C(CN)CC(C)c2ccccc2)C(C)C1. The number of nitrogens with zero attached hydrogens (tertiary/aromatic N) is 1. The summed E-state index contributed by atoms with van der Waals surface area (Å²) >= 11 is 0. The molecule has 2 heteroatoms. The summed E-state index contributed by atoms with van der Waals surface area (Å²) < 4.78 is 0. The van der Waals surface area contributed by atoms with Gasteiger partial charge in [0.25, 0.3) is 0 Å². The number of benzene rings is 1. The molecule has 1 saturated heterocycles. The Morgan fingerprint density at radius 2 is 1.95 bits per heavy atom. The molecule has 0 spiro atoms. The molecule has 4 unspecified atom stereocenters. The van der Waals surface area contributed by atoms with E-state index < -0.39 is 0 Å². The van der Waals surface area contributed by atoms with E-state index in [9.17, 15) is 0 Å². The Morgan fingerprint density at radius 3 is 2.55 bits per heavy atom. The van der Waals surface area contributed by atoms with E-state index in [1.165, 1.54) is 31.4 Å². The fraction of sp³-hybridized carbons (Fsp3) is 0.667. The highest BCUT2D eigenvalue weighted by Gasteiger charge is 2.29. The first-order valence-corrected chi connectivity index (χ1v) is 8.12. The molecule has 0 radical (unpaired) electrons. The normalized spacial score (nSPS) is 27.2. The van der Waals surface area contributed by atoms with Crippen LogP contribution >= 0.6 is 0 Å². The van der Waals surface area contributed by atoms with E-state index in [4.69, 9.17) is 5.73 Å². The van der Waals surface area contributed by atoms with Crippen LogP contribution in [0, 0.1) is 5.92 Å². The predicted molar refractivity (Wildman–Crippen MR) is 86.9 cm³/mol. The summed E-state index contributed by atoms with van der Waals surface area (Å²) in [7, 11) is 0. The minimum absolute atomic E-state index is 0.521. The van der Waals surface area contributed by atoms with Crippen LogP contribution in [0.25, 0.3) is 0 Å². The van der Waals surface area contributed by atoms with Crippen molar-refractivity contribution in [2.75, 3.05) is 13.1 Å². The molecule has 1 aromatic carbocycles. The van der Waals surface area contributed by atoms with Gasteiger partial charge in [-0.05, 0) is 50.1 Å². The molecular weight excluding hydrogens is 244 g/mol. The monoisotopic (exact) mass is 274 g/mol. The topological polar surface area (TPSA) is 29.3 Å². The van der Waals surface area contributed by atoms with Gasteiger partial charge in [-0.1, -0.05) is 44.2 Å². The molecule has 0 amide bonds. The van der Waals surface area contributed by atoms with Gasteiger partial charge in [0.2, 0.25) is 0 Å². The molecule has 1 aliphatic rings. The van der Waals surface area contributed by atoms with Crippen molar-refractivity contribution >= 4 is 0 Å². The standard InChI is InChI=1S/C18H30N2/c1-14-9-10-20(16(3)11-14)18(13-19)12-15(2)17-7-5-4-6-8-17/h4-8,14-16,18H,9-13,19H2,1-3H3. The molecule has 0 saturated carbocycles. The number of nitrogens with two attached hydrogens (primary N) is 1. The highest BCUT2D eigenvalue weighted by molar-refractivity contribution is 5.19. The fourth-order valence-electron chi connectivity index (χ4n) is 3.66. The second kappa shape index (κ2) is 7.24. The van der Waals surface area contributed by atoms with Crippen molar-refractivity contribution in [3.63, 3.8) is 0 Å². The Bertz CT molecular complexity index is 390. The summed E-state index contributed by atoms with van der Waals surface area (Å²) in [5.41, 5.74) is 7.52. The lowest BCUT2D eigenvalue weighted by molar-refractivity contribution is 0.0779. The third kappa shape index (κ3) is 3.83. The van der Waals surface area contributed by atoms with E-state index in [2.05, 4.69) is 56.0 Å². The van der Waals surface area contributed by atoms with Crippen LogP contribution in [0.5, 0.6) is 0 Å². The lowest BCUT2D eigenvalue weighted by atomic mass is 9.88. The Hall–Kier alpha value is -0.860. The van der Waals surface area contributed by atoms with Crippen molar-refractivity contribution in [1.82, 2.24) is 4.90 Å². The van der Waals surface area contributed by atoms with Gasteiger partial charge in [0.05, 0.1) is 0 Å². The van der Waals surface area contributed by atoms with Crippen LogP contribution in [0.15, 0.2) is 30.3 Å². The van der Waals surface area contributed by atoms with E-state index in [-0.39, 0.29) is 0 Å². The summed E-state index contributed by atoms with van der Waals surface area (Å²) in [5.74, 6) is 1.45. The number of hydrogen-bond acceptors (Lipinski definition) is 2. The van der Waals surface area contributed by atoms with Crippen LogP contribution < -0.4 is 5.73 Å². The first kappa shape index (κ1) is 15.5. The van der Waals surface area contributed by atoms with Gasteiger partial charge in [0.15, 0.2) is 0 Å². The molecule has 112 valence electrons. The highest BCUT2D eigenvalue weighted by Crippen LogP contribution is 2.28. The molecule has 1 heterocycles. The lowest BCUT2D eigenvalue weighted by Gasteiger charge is -2.42. The van der Waals surface area contributed by atoms with Crippen LogP contribution in [-0.4, -0.2) is 30.1 Å².